The Morgan fingerprint density at radius 3 is 2.71 bits per heavy atom. The third-order valence-electron chi connectivity index (χ3n) is 3.22. The first-order valence-corrected chi connectivity index (χ1v) is 6.68. The molecule has 2 aromatic carbocycles. The van der Waals surface area contributed by atoms with Crippen LogP contribution in [-0.4, -0.2) is 0 Å². The zero-order chi connectivity index (χ0) is 15.4. The first kappa shape index (κ1) is 15.0. The Labute approximate surface area is 123 Å². The van der Waals surface area contributed by atoms with Crippen molar-refractivity contribution in [3.63, 3.8) is 0 Å². The molecule has 0 aliphatic heterocycles. The minimum absolute atomic E-state index is 0.0600. The molecule has 21 heavy (non-hydrogen) atoms. The number of nitrogens with two attached hydrogens (primary N) is 1. The minimum Gasteiger partial charge on any atom is -0.488 e. The van der Waals surface area contributed by atoms with Crippen LogP contribution in [0.25, 0.3) is 0 Å². The van der Waals surface area contributed by atoms with Crippen molar-refractivity contribution in [3.05, 3.63) is 64.5 Å². The van der Waals surface area contributed by atoms with E-state index in [0.717, 1.165) is 11.1 Å². The van der Waals surface area contributed by atoms with E-state index in [1.165, 1.54) is 18.2 Å². The molecule has 0 spiro atoms. The van der Waals surface area contributed by atoms with E-state index in [1.54, 1.807) is 0 Å². The molecule has 0 aliphatic carbocycles. The van der Waals surface area contributed by atoms with E-state index in [1.807, 2.05) is 38.1 Å². The predicted molar refractivity (Wildman–Crippen MR) is 79.2 cm³/mol. The summed E-state index contributed by atoms with van der Waals surface area (Å²) >= 11 is 0. The van der Waals surface area contributed by atoms with Gasteiger partial charge in [0.25, 0.3) is 0 Å². The van der Waals surface area contributed by atoms with E-state index in [0.29, 0.717) is 16.9 Å². The Balaban J connectivity index is 2.24. The summed E-state index contributed by atoms with van der Waals surface area (Å²) in [6.45, 7) is 3.88. The Bertz CT molecular complexity index is 690. The summed E-state index contributed by atoms with van der Waals surface area (Å²) in [5.41, 5.74) is 8.59. The summed E-state index contributed by atoms with van der Waals surface area (Å²) in [4.78, 5) is 0. The molecule has 2 aromatic rings. The standard InChI is InChI=1S/C17H17FN2O/c1-11-3-5-15(12(2)20)17(7-11)21-10-14-8-13(9-19)4-6-16(14)18/h3-8,12H,10,20H2,1-2H3. The second-order valence-electron chi connectivity index (χ2n) is 5.04. The molecule has 0 heterocycles. The monoisotopic (exact) mass is 284 g/mol. The predicted octanol–water partition coefficient (Wildman–Crippen LogP) is 3.60. The van der Waals surface area contributed by atoms with Gasteiger partial charge in [-0.25, -0.2) is 4.39 Å². The second-order valence-corrected chi connectivity index (χ2v) is 5.04. The molecule has 4 heteroatoms. The van der Waals surface area contributed by atoms with Crippen LogP contribution in [-0.2, 0) is 6.61 Å². The maximum atomic E-state index is 13.7. The molecule has 0 bridgehead atoms. The third-order valence-corrected chi connectivity index (χ3v) is 3.22. The molecule has 108 valence electrons. The molecule has 2 rings (SSSR count). The number of nitriles is 1. The summed E-state index contributed by atoms with van der Waals surface area (Å²) < 4.78 is 19.4. The fourth-order valence-electron chi connectivity index (χ4n) is 2.05. The number of ether oxygens (including phenoxy) is 1. The van der Waals surface area contributed by atoms with Crippen LogP contribution in [0.1, 0.15) is 35.2 Å². The van der Waals surface area contributed by atoms with Gasteiger partial charge in [0.15, 0.2) is 0 Å². The van der Waals surface area contributed by atoms with Crippen molar-refractivity contribution in [1.82, 2.24) is 0 Å². The summed E-state index contributed by atoms with van der Waals surface area (Å²) in [5, 5.41) is 8.86. The van der Waals surface area contributed by atoms with Crippen LogP contribution < -0.4 is 10.5 Å². The van der Waals surface area contributed by atoms with E-state index in [-0.39, 0.29) is 18.5 Å². The molecule has 0 saturated heterocycles. The number of aryl methyl sites for hydroxylation is 1. The molecule has 0 radical (unpaired) electrons. The van der Waals surface area contributed by atoms with Gasteiger partial charge in [-0.15, -0.1) is 0 Å². The van der Waals surface area contributed by atoms with Crippen molar-refractivity contribution in [2.45, 2.75) is 26.5 Å². The maximum Gasteiger partial charge on any atom is 0.129 e. The highest BCUT2D eigenvalue weighted by molar-refractivity contribution is 5.39. The second kappa shape index (κ2) is 6.38. The first-order valence-electron chi connectivity index (χ1n) is 6.68. The van der Waals surface area contributed by atoms with Crippen LogP contribution in [0.5, 0.6) is 5.75 Å². The number of rotatable bonds is 4. The fourth-order valence-corrected chi connectivity index (χ4v) is 2.05. The molecule has 1 atom stereocenters. The number of halogens is 1. The minimum atomic E-state index is -0.385. The van der Waals surface area contributed by atoms with Crippen LogP contribution in [0.2, 0.25) is 0 Å². The van der Waals surface area contributed by atoms with Crippen LogP contribution in [0.3, 0.4) is 0 Å². The Kier molecular flexibility index (Phi) is 4.56. The fraction of sp³-hybridized carbons (Fsp3) is 0.235. The van der Waals surface area contributed by atoms with Crippen molar-refractivity contribution in [2.75, 3.05) is 0 Å². The SMILES string of the molecule is Cc1ccc(C(C)N)c(OCc2cc(C#N)ccc2F)c1. The normalized spacial score (nSPS) is 11.8. The summed E-state index contributed by atoms with van der Waals surface area (Å²) in [7, 11) is 0. The molecular weight excluding hydrogens is 267 g/mol. The van der Waals surface area contributed by atoms with Gasteiger partial charge in [0.1, 0.15) is 18.2 Å². The van der Waals surface area contributed by atoms with Gasteiger partial charge in [0.2, 0.25) is 0 Å². The lowest BCUT2D eigenvalue weighted by molar-refractivity contribution is 0.295. The highest BCUT2D eigenvalue weighted by Gasteiger charge is 2.10. The molecule has 2 N–H and O–H groups in total. The number of benzene rings is 2. The van der Waals surface area contributed by atoms with Crippen LogP contribution in [0.4, 0.5) is 4.39 Å². The zero-order valence-corrected chi connectivity index (χ0v) is 12.1. The van der Waals surface area contributed by atoms with Gasteiger partial charge in [0.05, 0.1) is 11.6 Å². The molecule has 0 amide bonds. The number of hydrogen-bond acceptors (Lipinski definition) is 3. The molecule has 0 aromatic heterocycles. The summed E-state index contributed by atoms with van der Waals surface area (Å²) in [6.07, 6.45) is 0. The molecular formula is C17H17FN2O. The summed E-state index contributed by atoms with van der Waals surface area (Å²) in [5.74, 6) is 0.260. The van der Waals surface area contributed by atoms with E-state index in [2.05, 4.69) is 0 Å². The number of nitrogens with zero attached hydrogens (tertiary/aromatic N) is 1. The lowest BCUT2D eigenvalue weighted by atomic mass is 10.1. The highest BCUT2D eigenvalue weighted by atomic mass is 19.1. The lowest BCUT2D eigenvalue weighted by Gasteiger charge is -2.15. The first-order chi connectivity index (χ1) is 10.0. The largest absolute Gasteiger partial charge is 0.488 e. The van der Waals surface area contributed by atoms with E-state index in [4.69, 9.17) is 15.7 Å². The van der Waals surface area contributed by atoms with E-state index in [9.17, 15) is 4.39 Å². The lowest BCUT2D eigenvalue weighted by Crippen LogP contribution is -2.09. The van der Waals surface area contributed by atoms with Gasteiger partial charge in [0, 0.05) is 17.2 Å². The van der Waals surface area contributed by atoms with Gasteiger partial charge < -0.3 is 10.5 Å². The Morgan fingerprint density at radius 2 is 2.05 bits per heavy atom. The quantitative estimate of drug-likeness (QED) is 0.933. The zero-order valence-electron chi connectivity index (χ0n) is 12.1. The van der Waals surface area contributed by atoms with E-state index < -0.39 is 0 Å². The Morgan fingerprint density at radius 1 is 1.29 bits per heavy atom. The topological polar surface area (TPSA) is 59.0 Å². The summed E-state index contributed by atoms with van der Waals surface area (Å²) in [6, 6.07) is 11.8. The van der Waals surface area contributed by atoms with Crippen molar-refractivity contribution >= 4 is 0 Å². The third kappa shape index (κ3) is 3.59. The van der Waals surface area contributed by atoms with E-state index >= 15 is 0 Å². The highest BCUT2D eigenvalue weighted by Crippen LogP contribution is 2.26. The average Bonchev–Trinajstić information content (AvgIpc) is 2.46. The molecule has 1 unspecified atom stereocenters. The van der Waals surface area contributed by atoms with Gasteiger partial charge in [-0.05, 0) is 43.7 Å². The molecule has 0 fully saturated rings. The van der Waals surface area contributed by atoms with Crippen molar-refractivity contribution in [2.24, 2.45) is 5.73 Å². The molecule has 3 nitrogen and oxygen atoms in total. The molecule has 0 saturated carbocycles. The van der Waals surface area contributed by atoms with Gasteiger partial charge in [-0.3, -0.25) is 0 Å². The molecule has 0 aliphatic rings. The van der Waals surface area contributed by atoms with Gasteiger partial charge >= 0.3 is 0 Å². The van der Waals surface area contributed by atoms with Gasteiger partial charge in [-0.1, -0.05) is 12.1 Å². The van der Waals surface area contributed by atoms with Crippen molar-refractivity contribution in [1.29, 1.82) is 5.26 Å². The smallest absolute Gasteiger partial charge is 0.129 e. The van der Waals surface area contributed by atoms with Crippen molar-refractivity contribution < 1.29 is 9.13 Å². The maximum absolute atomic E-state index is 13.7. The van der Waals surface area contributed by atoms with Crippen LogP contribution in [0, 0.1) is 24.1 Å². The Hall–Kier alpha value is -2.38. The van der Waals surface area contributed by atoms with Crippen LogP contribution in [0.15, 0.2) is 36.4 Å². The van der Waals surface area contributed by atoms with Crippen molar-refractivity contribution in [3.8, 4) is 11.8 Å². The van der Waals surface area contributed by atoms with Crippen LogP contribution >= 0.6 is 0 Å². The number of hydrogen-bond donors (Lipinski definition) is 1. The van der Waals surface area contributed by atoms with Gasteiger partial charge in [-0.2, -0.15) is 5.26 Å². The average molecular weight is 284 g/mol.